The summed E-state index contributed by atoms with van der Waals surface area (Å²) in [5.74, 6) is 0. The molecular weight excluding hydrogens is 312 g/mol. The zero-order valence-electron chi connectivity index (χ0n) is 12.9. The topological polar surface area (TPSA) is 92.1 Å². The summed E-state index contributed by atoms with van der Waals surface area (Å²) in [6.45, 7) is 0.792. The predicted octanol–water partition coefficient (Wildman–Crippen LogP) is 1.94. The number of H-pyrrole nitrogens is 1. The summed E-state index contributed by atoms with van der Waals surface area (Å²) in [6.07, 6.45) is 1.74. The van der Waals surface area contributed by atoms with E-state index in [0.717, 1.165) is 34.4 Å². The molecule has 7 heteroatoms. The van der Waals surface area contributed by atoms with Crippen molar-refractivity contribution in [1.29, 1.82) is 0 Å². The Labute approximate surface area is 135 Å². The van der Waals surface area contributed by atoms with Gasteiger partial charge in [0.15, 0.2) is 0 Å². The quantitative estimate of drug-likeness (QED) is 0.764. The minimum atomic E-state index is -3.68. The molecule has 0 fully saturated rings. The first-order valence-corrected chi connectivity index (χ1v) is 8.64. The van der Waals surface area contributed by atoms with E-state index in [0.29, 0.717) is 0 Å². The number of sulfonamides is 1. The van der Waals surface area contributed by atoms with Crippen LogP contribution in [0.4, 0.5) is 0 Å². The Morgan fingerprint density at radius 3 is 2.48 bits per heavy atom. The molecule has 0 amide bonds. The maximum atomic E-state index is 11.4. The largest absolute Gasteiger partial charge is 0.342 e. The molecule has 0 atom stereocenters. The van der Waals surface area contributed by atoms with Gasteiger partial charge in [0, 0.05) is 23.8 Å². The van der Waals surface area contributed by atoms with Gasteiger partial charge in [-0.1, -0.05) is 12.1 Å². The van der Waals surface area contributed by atoms with Gasteiger partial charge in [-0.05, 0) is 49.5 Å². The van der Waals surface area contributed by atoms with Crippen molar-refractivity contribution in [2.45, 2.75) is 11.4 Å². The number of aromatic amines is 1. The molecule has 6 nitrogen and oxygen atoms in total. The van der Waals surface area contributed by atoms with Crippen LogP contribution in [0.5, 0.6) is 0 Å². The Hall–Kier alpha value is -2.22. The summed E-state index contributed by atoms with van der Waals surface area (Å²) in [6, 6.07) is 10.5. The molecule has 0 radical (unpaired) electrons. The van der Waals surface area contributed by atoms with Gasteiger partial charge in [0.1, 0.15) is 5.65 Å². The second-order valence-electron chi connectivity index (χ2n) is 5.72. The first-order valence-electron chi connectivity index (χ1n) is 7.09. The minimum Gasteiger partial charge on any atom is -0.342 e. The molecule has 1 aromatic carbocycles. The first-order chi connectivity index (χ1) is 10.8. The summed E-state index contributed by atoms with van der Waals surface area (Å²) in [5.41, 5.74) is 3.80. The van der Waals surface area contributed by atoms with Crippen LogP contribution >= 0.6 is 0 Å². The van der Waals surface area contributed by atoms with Crippen molar-refractivity contribution < 1.29 is 8.42 Å². The van der Waals surface area contributed by atoms with Crippen LogP contribution in [-0.4, -0.2) is 37.4 Å². The number of nitrogens with zero attached hydrogens (tertiary/aromatic N) is 2. The van der Waals surface area contributed by atoms with Crippen LogP contribution in [0, 0.1) is 0 Å². The average Bonchev–Trinajstić information content (AvgIpc) is 2.87. The third-order valence-electron chi connectivity index (χ3n) is 3.57. The van der Waals surface area contributed by atoms with Gasteiger partial charge in [0.2, 0.25) is 10.0 Å². The maximum Gasteiger partial charge on any atom is 0.238 e. The van der Waals surface area contributed by atoms with E-state index in [1.807, 2.05) is 20.2 Å². The normalized spacial score (nSPS) is 12.2. The highest BCUT2D eigenvalue weighted by molar-refractivity contribution is 7.89. The lowest BCUT2D eigenvalue weighted by molar-refractivity contribution is 0.398. The Kier molecular flexibility index (Phi) is 3.93. The minimum absolute atomic E-state index is 0.105. The van der Waals surface area contributed by atoms with Crippen molar-refractivity contribution in [1.82, 2.24) is 14.9 Å². The number of pyridine rings is 1. The molecule has 0 aliphatic heterocycles. The molecule has 0 aliphatic rings. The number of aromatic nitrogens is 2. The predicted molar refractivity (Wildman–Crippen MR) is 90.3 cm³/mol. The monoisotopic (exact) mass is 330 g/mol. The Morgan fingerprint density at radius 1 is 1.17 bits per heavy atom. The van der Waals surface area contributed by atoms with E-state index >= 15 is 0 Å². The molecule has 23 heavy (non-hydrogen) atoms. The summed E-state index contributed by atoms with van der Waals surface area (Å²) < 4.78 is 22.7. The van der Waals surface area contributed by atoms with Crippen LogP contribution in [0.25, 0.3) is 22.2 Å². The van der Waals surface area contributed by atoms with Gasteiger partial charge in [0.25, 0.3) is 0 Å². The lowest BCUT2D eigenvalue weighted by Gasteiger charge is -2.06. The van der Waals surface area contributed by atoms with E-state index in [1.54, 1.807) is 18.3 Å². The summed E-state index contributed by atoms with van der Waals surface area (Å²) >= 11 is 0. The molecule has 0 saturated heterocycles. The zero-order valence-corrected chi connectivity index (χ0v) is 13.8. The van der Waals surface area contributed by atoms with Crippen LogP contribution < -0.4 is 5.14 Å². The van der Waals surface area contributed by atoms with Crippen LogP contribution in [0.2, 0.25) is 0 Å². The first kappa shape index (κ1) is 15.7. The van der Waals surface area contributed by atoms with Crippen molar-refractivity contribution >= 4 is 21.1 Å². The standard InChI is InChI=1S/C16H18N4O2S/c1-20(2)10-12-9-15-14(7-8-18-16(15)19-12)11-3-5-13(6-4-11)23(17,21)22/h3-9H,10H2,1-2H3,(H,18,19)(H2,17,21,22). The van der Waals surface area contributed by atoms with Gasteiger partial charge in [-0.15, -0.1) is 0 Å². The van der Waals surface area contributed by atoms with E-state index in [4.69, 9.17) is 5.14 Å². The molecule has 3 aromatic rings. The Morgan fingerprint density at radius 2 is 1.87 bits per heavy atom. The summed E-state index contributed by atoms with van der Waals surface area (Å²) in [7, 11) is 0.334. The van der Waals surface area contributed by atoms with Gasteiger partial charge in [-0.3, -0.25) is 0 Å². The summed E-state index contributed by atoms with van der Waals surface area (Å²) in [5, 5.41) is 6.15. The fourth-order valence-electron chi connectivity index (χ4n) is 2.58. The van der Waals surface area contributed by atoms with E-state index < -0.39 is 10.0 Å². The number of fused-ring (bicyclic) bond motifs is 1. The molecule has 0 spiro atoms. The third-order valence-corrected chi connectivity index (χ3v) is 4.50. The average molecular weight is 330 g/mol. The molecule has 2 aromatic heterocycles. The van der Waals surface area contributed by atoms with Crippen molar-refractivity contribution in [2.24, 2.45) is 5.14 Å². The maximum absolute atomic E-state index is 11.4. The van der Waals surface area contributed by atoms with Crippen LogP contribution in [0.3, 0.4) is 0 Å². The summed E-state index contributed by atoms with van der Waals surface area (Å²) in [4.78, 5) is 9.85. The van der Waals surface area contributed by atoms with Crippen molar-refractivity contribution in [3.63, 3.8) is 0 Å². The van der Waals surface area contributed by atoms with Crippen LogP contribution in [0.1, 0.15) is 5.69 Å². The molecule has 0 saturated carbocycles. The molecular formula is C16H18N4O2S. The number of nitrogens with one attached hydrogen (secondary N) is 1. The number of primary sulfonamides is 1. The number of hydrogen-bond acceptors (Lipinski definition) is 4. The lowest BCUT2D eigenvalue weighted by atomic mass is 10.0. The molecule has 0 aliphatic carbocycles. The van der Waals surface area contributed by atoms with Crippen molar-refractivity contribution in [3.8, 4) is 11.1 Å². The Bertz CT molecular complexity index is 944. The lowest BCUT2D eigenvalue weighted by Crippen LogP contribution is -2.11. The SMILES string of the molecule is CN(C)Cc1cc2c(-c3ccc(S(N)(=O)=O)cc3)ccnc2[nH]1. The molecule has 120 valence electrons. The van der Waals surface area contributed by atoms with Gasteiger partial charge >= 0.3 is 0 Å². The van der Waals surface area contributed by atoms with Crippen LogP contribution in [-0.2, 0) is 16.6 Å². The van der Waals surface area contributed by atoms with E-state index in [-0.39, 0.29) is 4.90 Å². The molecule has 0 bridgehead atoms. The zero-order chi connectivity index (χ0) is 16.6. The molecule has 3 N–H and O–H groups in total. The second kappa shape index (κ2) is 5.77. The fourth-order valence-corrected chi connectivity index (χ4v) is 3.10. The highest BCUT2D eigenvalue weighted by Crippen LogP contribution is 2.29. The van der Waals surface area contributed by atoms with Crippen LogP contribution in [0.15, 0.2) is 47.5 Å². The van der Waals surface area contributed by atoms with Crippen molar-refractivity contribution in [2.75, 3.05) is 14.1 Å². The number of nitrogens with two attached hydrogens (primary N) is 1. The highest BCUT2D eigenvalue weighted by Gasteiger charge is 2.11. The van der Waals surface area contributed by atoms with Crippen molar-refractivity contribution in [3.05, 3.63) is 48.3 Å². The third kappa shape index (κ3) is 3.26. The van der Waals surface area contributed by atoms with E-state index in [9.17, 15) is 8.42 Å². The van der Waals surface area contributed by atoms with Gasteiger partial charge in [-0.2, -0.15) is 0 Å². The number of rotatable bonds is 4. The van der Waals surface area contributed by atoms with E-state index in [1.165, 1.54) is 12.1 Å². The van der Waals surface area contributed by atoms with Gasteiger partial charge < -0.3 is 9.88 Å². The number of hydrogen-bond donors (Lipinski definition) is 2. The smallest absolute Gasteiger partial charge is 0.238 e. The highest BCUT2D eigenvalue weighted by atomic mass is 32.2. The van der Waals surface area contributed by atoms with E-state index in [2.05, 4.69) is 20.9 Å². The van der Waals surface area contributed by atoms with Gasteiger partial charge in [0.05, 0.1) is 4.90 Å². The fraction of sp³-hybridized carbons (Fsp3) is 0.188. The molecule has 3 rings (SSSR count). The molecule has 2 heterocycles. The molecule has 0 unspecified atom stereocenters. The number of benzene rings is 1. The second-order valence-corrected chi connectivity index (χ2v) is 7.28. The Balaban J connectivity index is 2.07. The van der Waals surface area contributed by atoms with Gasteiger partial charge in [-0.25, -0.2) is 18.5 Å².